The van der Waals surface area contributed by atoms with E-state index in [1.807, 2.05) is 0 Å². The maximum atomic E-state index is 4.77. The van der Waals surface area contributed by atoms with Crippen LogP contribution in [0.15, 0.2) is 18.2 Å². The molecule has 1 aromatic rings. The number of pyridine rings is 1. The SMILES string of the molecule is CN1CCN(Cc2cccc(CNC3CC3)n2)CC1. The molecule has 0 atom stereocenters. The zero-order chi connectivity index (χ0) is 13.1. The molecule has 1 saturated heterocycles. The van der Waals surface area contributed by atoms with Gasteiger partial charge in [-0.25, -0.2) is 0 Å². The third kappa shape index (κ3) is 4.00. The van der Waals surface area contributed by atoms with Crippen molar-refractivity contribution in [1.29, 1.82) is 0 Å². The Morgan fingerprint density at radius 1 is 1.16 bits per heavy atom. The van der Waals surface area contributed by atoms with Crippen LogP contribution in [0.25, 0.3) is 0 Å². The fourth-order valence-corrected chi connectivity index (χ4v) is 2.49. The number of piperazine rings is 1. The Kier molecular flexibility index (Phi) is 4.11. The molecule has 1 aliphatic heterocycles. The molecule has 3 rings (SSSR count). The van der Waals surface area contributed by atoms with Gasteiger partial charge in [-0.15, -0.1) is 0 Å². The summed E-state index contributed by atoms with van der Waals surface area (Å²) in [5, 5.41) is 3.53. The van der Waals surface area contributed by atoms with Crippen molar-refractivity contribution in [2.24, 2.45) is 0 Å². The predicted molar refractivity (Wildman–Crippen MR) is 76.9 cm³/mol. The minimum atomic E-state index is 0.753. The first-order chi connectivity index (χ1) is 9.29. The van der Waals surface area contributed by atoms with Crippen molar-refractivity contribution in [3.8, 4) is 0 Å². The molecule has 2 heterocycles. The van der Waals surface area contributed by atoms with Crippen molar-refractivity contribution in [3.63, 3.8) is 0 Å². The summed E-state index contributed by atoms with van der Waals surface area (Å²) in [5.41, 5.74) is 2.39. The Morgan fingerprint density at radius 3 is 2.63 bits per heavy atom. The van der Waals surface area contributed by atoms with Crippen LogP contribution >= 0.6 is 0 Å². The van der Waals surface area contributed by atoms with E-state index >= 15 is 0 Å². The van der Waals surface area contributed by atoms with Gasteiger partial charge in [0.2, 0.25) is 0 Å². The molecular weight excluding hydrogens is 236 g/mol. The van der Waals surface area contributed by atoms with Crippen LogP contribution in [-0.2, 0) is 13.1 Å². The Labute approximate surface area is 115 Å². The summed E-state index contributed by atoms with van der Waals surface area (Å²) in [6, 6.07) is 7.17. The zero-order valence-electron chi connectivity index (χ0n) is 11.8. The Balaban J connectivity index is 1.53. The van der Waals surface area contributed by atoms with E-state index in [1.165, 1.54) is 37.3 Å². The molecule has 0 amide bonds. The molecule has 1 saturated carbocycles. The van der Waals surface area contributed by atoms with E-state index in [2.05, 4.69) is 40.4 Å². The molecule has 2 aliphatic rings. The van der Waals surface area contributed by atoms with E-state index in [4.69, 9.17) is 4.98 Å². The molecule has 0 aromatic carbocycles. The van der Waals surface area contributed by atoms with E-state index in [9.17, 15) is 0 Å². The van der Waals surface area contributed by atoms with Gasteiger partial charge in [0.15, 0.2) is 0 Å². The van der Waals surface area contributed by atoms with Crippen molar-refractivity contribution < 1.29 is 0 Å². The molecule has 0 radical (unpaired) electrons. The average Bonchev–Trinajstić information content (AvgIpc) is 3.24. The van der Waals surface area contributed by atoms with Crippen LogP contribution in [0.4, 0.5) is 0 Å². The van der Waals surface area contributed by atoms with Gasteiger partial charge in [-0.1, -0.05) is 6.07 Å². The lowest BCUT2D eigenvalue weighted by atomic mass is 10.2. The zero-order valence-corrected chi connectivity index (χ0v) is 11.8. The number of likely N-dealkylation sites (N-methyl/N-ethyl adjacent to an activating group) is 1. The quantitative estimate of drug-likeness (QED) is 0.858. The Bertz CT molecular complexity index is 408. The number of nitrogens with zero attached hydrogens (tertiary/aromatic N) is 3. The van der Waals surface area contributed by atoms with Gasteiger partial charge in [0.25, 0.3) is 0 Å². The van der Waals surface area contributed by atoms with Gasteiger partial charge in [0.05, 0.1) is 11.4 Å². The van der Waals surface area contributed by atoms with Gasteiger partial charge in [0, 0.05) is 45.3 Å². The van der Waals surface area contributed by atoms with Crippen LogP contribution in [0.3, 0.4) is 0 Å². The highest BCUT2D eigenvalue weighted by Crippen LogP contribution is 2.19. The van der Waals surface area contributed by atoms with Crippen LogP contribution < -0.4 is 5.32 Å². The van der Waals surface area contributed by atoms with Crippen LogP contribution in [-0.4, -0.2) is 54.1 Å². The summed E-state index contributed by atoms with van der Waals surface area (Å²) in [4.78, 5) is 9.66. The highest BCUT2D eigenvalue weighted by Gasteiger charge is 2.20. The molecule has 1 aliphatic carbocycles. The normalized spacial score (nSPS) is 21.7. The number of hydrogen-bond acceptors (Lipinski definition) is 4. The fourth-order valence-electron chi connectivity index (χ4n) is 2.49. The summed E-state index contributed by atoms with van der Waals surface area (Å²) in [5.74, 6) is 0. The fraction of sp³-hybridized carbons (Fsp3) is 0.667. The smallest absolute Gasteiger partial charge is 0.0547 e. The lowest BCUT2D eigenvalue weighted by Crippen LogP contribution is -2.44. The molecule has 0 unspecified atom stereocenters. The molecule has 0 spiro atoms. The first-order valence-electron chi connectivity index (χ1n) is 7.39. The van der Waals surface area contributed by atoms with Crippen molar-refractivity contribution in [3.05, 3.63) is 29.6 Å². The van der Waals surface area contributed by atoms with Crippen LogP contribution in [0.2, 0.25) is 0 Å². The molecule has 4 heteroatoms. The van der Waals surface area contributed by atoms with Gasteiger partial charge in [-0.3, -0.25) is 9.88 Å². The first kappa shape index (κ1) is 13.0. The summed E-state index contributed by atoms with van der Waals surface area (Å²) in [6.45, 7) is 6.56. The maximum absolute atomic E-state index is 4.77. The first-order valence-corrected chi connectivity index (χ1v) is 7.39. The lowest BCUT2D eigenvalue weighted by molar-refractivity contribution is 0.147. The third-order valence-corrected chi connectivity index (χ3v) is 4.00. The number of hydrogen-bond donors (Lipinski definition) is 1. The second-order valence-electron chi connectivity index (χ2n) is 5.85. The van der Waals surface area contributed by atoms with Gasteiger partial charge in [-0.05, 0) is 32.0 Å². The summed E-state index contributed by atoms with van der Waals surface area (Å²) >= 11 is 0. The summed E-state index contributed by atoms with van der Waals surface area (Å²) in [6.07, 6.45) is 2.67. The summed E-state index contributed by atoms with van der Waals surface area (Å²) < 4.78 is 0. The topological polar surface area (TPSA) is 31.4 Å². The highest BCUT2D eigenvalue weighted by atomic mass is 15.2. The monoisotopic (exact) mass is 260 g/mol. The van der Waals surface area contributed by atoms with Crippen molar-refractivity contribution >= 4 is 0 Å². The van der Waals surface area contributed by atoms with E-state index in [1.54, 1.807) is 0 Å². The minimum absolute atomic E-state index is 0.753. The molecule has 1 aromatic heterocycles. The largest absolute Gasteiger partial charge is 0.308 e. The molecular formula is C15H24N4. The van der Waals surface area contributed by atoms with E-state index in [0.29, 0.717) is 0 Å². The van der Waals surface area contributed by atoms with Crippen molar-refractivity contribution in [2.45, 2.75) is 32.0 Å². The van der Waals surface area contributed by atoms with Crippen LogP contribution in [0.5, 0.6) is 0 Å². The van der Waals surface area contributed by atoms with Crippen molar-refractivity contribution in [2.75, 3.05) is 33.2 Å². The second-order valence-corrected chi connectivity index (χ2v) is 5.85. The minimum Gasteiger partial charge on any atom is -0.308 e. The number of nitrogens with one attached hydrogen (secondary N) is 1. The number of rotatable bonds is 5. The standard InChI is InChI=1S/C15H24N4/c1-18-7-9-19(10-8-18)12-15-4-2-3-14(17-15)11-16-13-5-6-13/h2-4,13,16H,5-12H2,1H3. The predicted octanol–water partition coefficient (Wildman–Crippen LogP) is 1.08. The summed E-state index contributed by atoms with van der Waals surface area (Å²) in [7, 11) is 2.19. The molecule has 19 heavy (non-hydrogen) atoms. The Morgan fingerprint density at radius 2 is 1.89 bits per heavy atom. The lowest BCUT2D eigenvalue weighted by Gasteiger charge is -2.32. The van der Waals surface area contributed by atoms with Gasteiger partial charge in [-0.2, -0.15) is 0 Å². The molecule has 4 nitrogen and oxygen atoms in total. The van der Waals surface area contributed by atoms with Crippen LogP contribution in [0, 0.1) is 0 Å². The molecule has 2 fully saturated rings. The van der Waals surface area contributed by atoms with E-state index < -0.39 is 0 Å². The van der Waals surface area contributed by atoms with E-state index in [-0.39, 0.29) is 0 Å². The van der Waals surface area contributed by atoms with Gasteiger partial charge < -0.3 is 10.2 Å². The van der Waals surface area contributed by atoms with Crippen molar-refractivity contribution in [1.82, 2.24) is 20.1 Å². The third-order valence-electron chi connectivity index (χ3n) is 4.00. The highest BCUT2D eigenvalue weighted by molar-refractivity contribution is 5.11. The van der Waals surface area contributed by atoms with E-state index in [0.717, 1.165) is 32.2 Å². The van der Waals surface area contributed by atoms with Gasteiger partial charge >= 0.3 is 0 Å². The second kappa shape index (κ2) is 5.99. The molecule has 0 bridgehead atoms. The number of aromatic nitrogens is 1. The van der Waals surface area contributed by atoms with Gasteiger partial charge in [0.1, 0.15) is 0 Å². The molecule has 1 N–H and O–H groups in total. The average molecular weight is 260 g/mol. The maximum Gasteiger partial charge on any atom is 0.0547 e. The molecule has 104 valence electrons. The Hall–Kier alpha value is -0.970. The van der Waals surface area contributed by atoms with Crippen LogP contribution in [0.1, 0.15) is 24.2 Å².